The largest absolute Gasteiger partial charge is 0.367 e. The average Bonchev–Trinajstić information content (AvgIpc) is 2.26. The Balaban J connectivity index is 2.35. The van der Waals surface area contributed by atoms with Gasteiger partial charge in [0.05, 0.1) is 15.5 Å². The molecule has 5 heteroatoms. The van der Waals surface area contributed by atoms with Crippen molar-refractivity contribution in [3.8, 4) is 0 Å². The third kappa shape index (κ3) is 2.40. The van der Waals surface area contributed by atoms with Gasteiger partial charge in [0.1, 0.15) is 0 Å². The van der Waals surface area contributed by atoms with Crippen LogP contribution in [0.1, 0.15) is 5.56 Å². The van der Waals surface area contributed by atoms with E-state index in [0.29, 0.717) is 0 Å². The number of halogens is 2. The lowest BCUT2D eigenvalue weighted by Crippen LogP contribution is -2.33. The number of benzene rings is 1. The molecule has 16 heavy (non-hydrogen) atoms. The summed E-state index contributed by atoms with van der Waals surface area (Å²) in [5, 5.41) is 16.0. The molecule has 0 saturated heterocycles. The Morgan fingerprint density at radius 1 is 1.38 bits per heavy atom. The quantitative estimate of drug-likeness (QED) is 0.682. The smallest absolute Gasteiger partial charge is 0.180 e. The van der Waals surface area contributed by atoms with Gasteiger partial charge in [-0.15, -0.1) is 0 Å². The van der Waals surface area contributed by atoms with Gasteiger partial charge in [-0.2, -0.15) is 5.10 Å². The van der Waals surface area contributed by atoms with E-state index in [1.807, 2.05) is 31.2 Å². The molecule has 1 N–H and O–H groups in total. The minimum absolute atomic E-state index is 0.681. The number of aryl methyl sites for hydroxylation is 1. The van der Waals surface area contributed by atoms with E-state index in [1.165, 1.54) is 0 Å². The van der Waals surface area contributed by atoms with Gasteiger partial charge in [0.15, 0.2) is 6.23 Å². The topological polar surface area (TPSA) is 35.8 Å². The Bertz CT molecular complexity index is 471. The van der Waals surface area contributed by atoms with E-state index in [-0.39, 0.29) is 0 Å². The van der Waals surface area contributed by atoms with Crippen LogP contribution in [0.2, 0.25) is 0 Å². The highest BCUT2D eigenvalue weighted by molar-refractivity contribution is 14.1. The Kier molecular flexibility index (Phi) is 3.85. The van der Waals surface area contributed by atoms with Crippen LogP contribution in [0.3, 0.4) is 0 Å². The number of allylic oxidation sites excluding steroid dienone is 1. The van der Waals surface area contributed by atoms with Crippen LogP contribution in [-0.4, -0.2) is 17.5 Å². The number of rotatable bonds is 1. The fourth-order valence-corrected chi connectivity index (χ4v) is 2.25. The Labute approximate surface area is 122 Å². The predicted molar refractivity (Wildman–Crippen MR) is 83.2 cm³/mol. The van der Waals surface area contributed by atoms with E-state index in [0.717, 1.165) is 18.4 Å². The van der Waals surface area contributed by atoms with Crippen LogP contribution in [-0.2, 0) is 0 Å². The molecular weight excluding hydrogens is 430 g/mol. The summed E-state index contributed by atoms with van der Waals surface area (Å²) in [4.78, 5) is 0. The van der Waals surface area contributed by atoms with E-state index in [1.54, 1.807) is 11.2 Å². The molecule has 3 nitrogen and oxygen atoms in total. The molecule has 0 amide bonds. The molecule has 1 aliphatic heterocycles. The molecule has 0 aliphatic carbocycles. The molecule has 1 atom stereocenters. The van der Waals surface area contributed by atoms with Gasteiger partial charge in [0.25, 0.3) is 0 Å². The van der Waals surface area contributed by atoms with Gasteiger partial charge in [-0.25, -0.2) is 5.01 Å². The van der Waals surface area contributed by atoms with Crippen molar-refractivity contribution in [1.82, 2.24) is 0 Å². The molecule has 0 fully saturated rings. The van der Waals surface area contributed by atoms with Crippen LogP contribution < -0.4 is 5.01 Å². The lowest BCUT2D eigenvalue weighted by molar-refractivity contribution is 0.214. The maximum Gasteiger partial charge on any atom is 0.180 e. The number of hydrogen-bond donors (Lipinski definition) is 1. The maximum absolute atomic E-state index is 10.1. The second kappa shape index (κ2) is 5.01. The van der Waals surface area contributed by atoms with E-state index in [4.69, 9.17) is 0 Å². The van der Waals surface area contributed by atoms with E-state index in [2.05, 4.69) is 50.3 Å². The summed E-state index contributed by atoms with van der Waals surface area (Å²) in [6, 6.07) is 7.93. The maximum atomic E-state index is 10.1. The minimum atomic E-state index is -0.681. The molecule has 1 aliphatic rings. The van der Waals surface area contributed by atoms with Crippen LogP contribution in [0.5, 0.6) is 0 Å². The summed E-state index contributed by atoms with van der Waals surface area (Å²) in [6.45, 7) is 2.02. The van der Waals surface area contributed by atoms with Gasteiger partial charge in [-0.3, -0.25) is 0 Å². The molecule has 1 aromatic rings. The number of hydrazone groups is 1. The summed E-state index contributed by atoms with van der Waals surface area (Å²) in [5.74, 6) is 0. The first-order chi connectivity index (χ1) is 7.59. The first-order valence-electron chi connectivity index (χ1n) is 4.72. The second-order valence-electron chi connectivity index (χ2n) is 3.50. The highest BCUT2D eigenvalue weighted by Gasteiger charge is 2.23. The van der Waals surface area contributed by atoms with Crippen molar-refractivity contribution in [3.63, 3.8) is 0 Å². The number of anilines is 1. The molecule has 0 spiro atoms. The monoisotopic (exact) mass is 440 g/mol. The van der Waals surface area contributed by atoms with Gasteiger partial charge >= 0.3 is 0 Å². The highest BCUT2D eigenvalue weighted by Crippen LogP contribution is 2.30. The van der Waals surface area contributed by atoms with Crippen LogP contribution in [0.25, 0.3) is 0 Å². The molecule has 2 rings (SSSR count). The summed E-state index contributed by atoms with van der Waals surface area (Å²) >= 11 is 4.32. The van der Waals surface area contributed by atoms with Crippen molar-refractivity contribution in [1.29, 1.82) is 0 Å². The van der Waals surface area contributed by atoms with E-state index < -0.39 is 6.23 Å². The third-order valence-corrected chi connectivity index (χ3v) is 5.28. The summed E-state index contributed by atoms with van der Waals surface area (Å²) in [6.07, 6.45) is 1.08. The Morgan fingerprint density at radius 3 is 2.81 bits per heavy atom. The zero-order chi connectivity index (χ0) is 11.7. The summed E-state index contributed by atoms with van der Waals surface area (Å²) in [7, 11) is 0. The predicted octanol–water partition coefficient (Wildman–Crippen LogP) is 3.20. The molecule has 1 aromatic carbocycles. The molecule has 0 saturated carbocycles. The lowest BCUT2D eigenvalue weighted by atomic mass is 10.2. The van der Waals surface area contributed by atoms with Gasteiger partial charge in [-0.1, -0.05) is 12.1 Å². The van der Waals surface area contributed by atoms with Gasteiger partial charge in [-0.05, 0) is 69.8 Å². The SMILES string of the molecule is Cc1cccc(N2N=CC(I)=C(I)C2O)c1. The van der Waals surface area contributed by atoms with Crippen LogP contribution in [0, 0.1) is 6.92 Å². The van der Waals surface area contributed by atoms with Crippen molar-refractivity contribution in [2.75, 3.05) is 5.01 Å². The summed E-state index contributed by atoms with van der Waals surface area (Å²) in [5.41, 5.74) is 2.06. The Morgan fingerprint density at radius 2 is 2.12 bits per heavy atom. The lowest BCUT2D eigenvalue weighted by Gasteiger charge is -2.28. The molecule has 1 unspecified atom stereocenters. The van der Waals surface area contributed by atoms with Crippen molar-refractivity contribution in [3.05, 3.63) is 37.0 Å². The van der Waals surface area contributed by atoms with Crippen LogP contribution in [0.4, 0.5) is 5.69 Å². The number of nitrogens with zero attached hydrogens (tertiary/aromatic N) is 2. The zero-order valence-corrected chi connectivity index (χ0v) is 12.9. The molecule has 0 radical (unpaired) electrons. The standard InChI is InChI=1S/C11H10I2N2O/c1-7-3-2-4-8(5-7)15-11(16)10(13)9(12)6-14-15/h2-6,11,16H,1H3. The first-order valence-corrected chi connectivity index (χ1v) is 6.88. The fraction of sp³-hybridized carbons (Fsp3) is 0.182. The van der Waals surface area contributed by atoms with E-state index >= 15 is 0 Å². The average molecular weight is 440 g/mol. The molecular formula is C11H10I2N2O. The van der Waals surface area contributed by atoms with Crippen LogP contribution >= 0.6 is 45.2 Å². The second-order valence-corrected chi connectivity index (χ2v) is 5.82. The Hall–Kier alpha value is -0.150. The van der Waals surface area contributed by atoms with Gasteiger partial charge < -0.3 is 5.11 Å². The highest BCUT2D eigenvalue weighted by atomic mass is 127. The van der Waals surface area contributed by atoms with Gasteiger partial charge in [0.2, 0.25) is 0 Å². The molecule has 0 aromatic heterocycles. The third-order valence-electron chi connectivity index (χ3n) is 2.25. The van der Waals surface area contributed by atoms with Crippen molar-refractivity contribution in [2.24, 2.45) is 5.10 Å². The number of aliphatic hydroxyl groups is 1. The van der Waals surface area contributed by atoms with Gasteiger partial charge in [0, 0.05) is 3.58 Å². The molecule has 84 valence electrons. The normalized spacial score (nSPS) is 20.5. The molecule has 0 bridgehead atoms. The minimum Gasteiger partial charge on any atom is -0.367 e. The van der Waals surface area contributed by atoms with Crippen molar-refractivity contribution in [2.45, 2.75) is 13.2 Å². The summed E-state index contributed by atoms with van der Waals surface area (Å²) < 4.78 is 1.88. The molecule has 1 heterocycles. The van der Waals surface area contributed by atoms with Crippen LogP contribution in [0.15, 0.2) is 36.5 Å². The van der Waals surface area contributed by atoms with Crippen molar-refractivity contribution >= 4 is 57.1 Å². The number of hydrogen-bond acceptors (Lipinski definition) is 3. The number of aliphatic hydroxyl groups excluding tert-OH is 1. The first kappa shape index (κ1) is 12.3. The van der Waals surface area contributed by atoms with Crippen molar-refractivity contribution < 1.29 is 5.11 Å². The van der Waals surface area contributed by atoms with E-state index in [9.17, 15) is 5.11 Å². The zero-order valence-electron chi connectivity index (χ0n) is 8.56. The fourth-order valence-electron chi connectivity index (χ4n) is 1.45.